The number of aromatic nitrogens is 1. The minimum Gasteiger partial charge on any atom is -0.443 e. The predicted octanol–water partition coefficient (Wildman–Crippen LogP) is 5.02. The van der Waals surface area contributed by atoms with Gasteiger partial charge >= 0.3 is 6.09 Å². The molecule has 0 bridgehead atoms. The van der Waals surface area contributed by atoms with E-state index in [-0.39, 0.29) is 6.61 Å². The second-order valence-corrected chi connectivity index (χ2v) is 6.13. The standard InChI is InChI=1S/C19H21FN2O2/c20-16-7-4-8-17(11-16)22-19(23)24-13-18-10-9-15(12-21-18)14-5-2-1-3-6-14/h4,7-12,14H,1-3,5-6,13H2,(H,22,23). The van der Waals surface area contributed by atoms with Gasteiger partial charge in [-0.1, -0.05) is 31.4 Å². The molecule has 0 unspecified atom stereocenters. The van der Waals surface area contributed by atoms with Gasteiger partial charge in [-0.25, -0.2) is 9.18 Å². The number of rotatable bonds is 4. The summed E-state index contributed by atoms with van der Waals surface area (Å²) in [6.45, 7) is 0.0894. The average molecular weight is 328 g/mol. The largest absolute Gasteiger partial charge is 0.443 e. The van der Waals surface area contributed by atoms with Crippen LogP contribution in [0.25, 0.3) is 0 Å². The summed E-state index contributed by atoms with van der Waals surface area (Å²) in [5.41, 5.74) is 2.33. The Morgan fingerprint density at radius 1 is 1.21 bits per heavy atom. The third-order valence-electron chi connectivity index (χ3n) is 4.35. The summed E-state index contributed by atoms with van der Waals surface area (Å²) in [6, 6.07) is 9.65. The lowest BCUT2D eigenvalue weighted by Gasteiger charge is -2.21. The maximum absolute atomic E-state index is 13.1. The first-order valence-corrected chi connectivity index (χ1v) is 8.35. The van der Waals surface area contributed by atoms with Crippen molar-refractivity contribution in [3.05, 3.63) is 59.7 Å². The summed E-state index contributed by atoms with van der Waals surface area (Å²) in [6.07, 6.45) is 7.63. The molecule has 0 aliphatic heterocycles. The van der Waals surface area contributed by atoms with Crippen LogP contribution in [-0.4, -0.2) is 11.1 Å². The van der Waals surface area contributed by atoms with E-state index in [0.29, 0.717) is 17.3 Å². The molecule has 0 saturated heterocycles. The molecule has 1 aromatic heterocycles. The minimum atomic E-state index is -0.626. The van der Waals surface area contributed by atoms with Crippen LogP contribution in [0.3, 0.4) is 0 Å². The Morgan fingerprint density at radius 2 is 2.04 bits per heavy atom. The summed E-state index contributed by atoms with van der Waals surface area (Å²) in [5.74, 6) is 0.199. The van der Waals surface area contributed by atoms with Crippen molar-refractivity contribution in [3.8, 4) is 0 Å². The molecule has 1 aliphatic carbocycles. The Hall–Kier alpha value is -2.43. The number of hydrogen-bond donors (Lipinski definition) is 1. The van der Waals surface area contributed by atoms with Crippen molar-refractivity contribution in [2.45, 2.75) is 44.6 Å². The van der Waals surface area contributed by atoms with Crippen molar-refractivity contribution in [3.63, 3.8) is 0 Å². The van der Waals surface area contributed by atoms with Crippen LogP contribution in [0.5, 0.6) is 0 Å². The zero-order chi connectivity index (χ0) is 16.8. The molecule has 2 aromatic rings. The Morgan fingerprint density at radius 3 is 2.75 bits per heavy atom. The van der Waals surface area contributed by atoms with Gasteiger partial charge in [0, 0.05) is 11.9 Å². The molecular formula is C19H21FN2O2. The highest BCUT2D eigenvalue weighted by molar-refractivity contribution is 5.84. The second-order valence-electron chi connectivity index (χ2n) is 6.13. The van der Waals surface area contributed by atoms with E-state index in [1.54, 1.807) is 6.07 Å². The van der Waals surface area contributed by atoms with Gasteiger partial charge in [0.2, 0.25) is 0 Å². The number of benzene rings is 1. The van der Waals surface area contributed by atoms with Gasteiger partial charge in [0.15, 0.2) is 0 Å². The summed E-state index contributed by atoms with van der Waals surface area (Å²) >= 11 is 0. The molecule has 3 rings (SSSR count). The molecule has 0 atom stereocenters. The first-order valence-electron chi connectivity index (χ1n) is 8.35. The first-order chi connectivity index (χ1) is 11.7. The summed E-state index contributed by atoms with van der Waals surface area (Å²) in [5, 5.41) is 2.49. The zero-order valence-corrected chi connectivity index (χ0v) is 13.5. The van der Waals surface area contributed by atoms with Gasteiger partial charge < -0.3 is 4.74 Å². The highest BCUT2D eigenvalue weighted by atomic mass is 19.1. The van der Waals surface area contributed by atoms with Crippen molar-refractivity contribution in [1.82, 2.24) is 4.98 Å². The van der Waals surface area contributed by atoms with E-state index in [4.69, 9.17) is 4.74 Å². The van der Waals surface area contributed by atoms with Crippen LogP contribution in [0.4, 0.5) is 14.9 Å². The quantitative estimate of drug-likeness (QED) is 0.857. The number of carbonyl (C=O) groups is 1. The molecule has 1 N–H and O–H groups in total. The van der Waals surface area contributed by atoms with E-state index >= 15 is 0 Å². The van der Waals surface area contributed by atoms with E-state index in [2.05, 4.69) is 16.4 Å². The number of ether oxygens (including phenoxy) is 1. The second kappa shape index (κ2) is 7.90. The van der Waals surface area contributed by atoms with Crippen LogP contribution in [0.2, 0.25) is 0 Å². The SMILES string of the molecule is O=C(Nc1cccc(F)c1)OCc1ccc(C2CCCCC2)cn1. The number of nitrogens with one attached hydrogen (secondary N) is 1. The Labute approximate surface area is 141 Å². The van der Waals surface area contributed by atoms with Gasteiger partial charge in [-0.15, -0.1) is 0 Å². The molecule has 0 radical (unpaired) electrons. The van der Waals surface area contributed by atoms with Crippen LogP contribution in [0, 0.1) is 5.82 Å². The molecule has 0 spiro atoms. The summed E-state index contributed by atoms with van der Waals surface area (Å²) in [7, 11) is 0. The smallest absolute Gasteiger partial charge is 0.412 e. The normalized spacial score (nSPS) is 15.0. The van der Waals surface area contributed by atoms with Gasteiger partial charge in [0.05, 0.1) is 5.69 Å². The van der Waals surface area contributed by atoms with Crippen LogP contribution < -0.4 is 5.32 Å². The Balaban J connectivity index is 1.50. The summed E-state index contributed by atoms with van der Waals surface area (Å²) in [4.78, 5) is 16.1. The van der Waals surface area contributed by atoms with E-state index in [0.717, 1.165) is 0 Å². The van der Waals surface area contributed by atoms with Gasteiger partial charge in [0.25, 0.3) is 0 Å². The van der Waals surface area contributed by atoms with E-state index in [9.17, 15) is 9.18 Å². The molecule has 1 saturated carbocycles. The van der Waals surface area contributed by atoms with Crippen molar-refractivity contribution in [2.75, 3.05) is 5.32 Å². The van der Waals surface area contributed by atoms with Gasteiger partial charge in [0.1, 0.15) is 12.4 Å². The lowest BCUT2D eigenvalue weighted by atomic mass is 9.85. The van der Waals surface area contributed by atoms with Gasteiger partial charge in [-0.05, 0) is 48.6 Å². The van der Waals surface area contributed by atoms with Crippen molar-refractivity contribution < 1.29 is 13.9 Å². The topological polar surface area (TPSA) is 51.2 Å². The molecule has 1 amide bonds. The number of nitrogens with zero attached hydrogens (tertiary/aromatic N) is 1. The number of halogens is 1. The maximum atomic E-state index is 13.1. The van der Waals surface area contributed by atoms with Gasteiger partial charge in [-0.3, -0.25) is 10.3 Å². The summed E-state index contributed by atoms with van der Waals surface area (Å²) < 4.78 is 18.2. The van der Waals surface area contributed by atoms with Crippen LogP contribution in [0.15, 0.2) is 42.6 Å². The number of hydrogen-bond acceptors (Lipinski definition) is 3. The molecule has 1 aromatic carbocycles. The molecule has 1 heterocycles. The lowest BCUT2D eigenvalue weighted by molar-refractivity contribution is 0.153. The monoisotopic (exact) mass is 328 g/mol. The van der Waals surface area contributed by atoms with Crippen molar-refractivity contribution in [2.24, 2.45) is 0 Å². The fraction of sp³-hybridized carbons (Fsp3) is 0.368. The van der Waals surface area contributed by atoms with Gasteiger partial charge in [-0.2, -0.15) is 0 Å². The molecule has 24 heavy (non-hydrogen) atoms. The molecular weight excluding hydrogens is 307 g/mol. The van der Waals surface area contributed by atoms with Crippen LogP contribution >= 0.6 is 0 Å². The number of pyridine rings is 1. The molecule has 126 valence electrons. The third-order valence-corrected chi connectivity index (χ3v) is 4.35. The highest BCUT2D eigenvalue weighted by Crippen LogP contribution is 2.32. The predicted molar refractivity (Wildman–Crippen MR) is 90.3 cm³/mol. The van der Waals surface area contributed by atoms with Crippen LogP contribution in [-0.2, 0) is 11.3 Å². The number of anilines is 1. The third kappa shape index (κ3) is 4.54. The van der Waals surface area contributed by atoms with E-state index in [1.807, 2.05) is 12.3 Å². The van der Waals surface area contributed by atoms with E-state index < -0.39 is 11.9 Å². The number of amides is 1. The maximum Gasteiger partial charge on any atom is 0.412 e. The Bertz CT molecular complexity index is 682. The van der Waals surface area contributed by atoms with Crippen molar-refractivity contribution in [1.29, 1.82) is 0 Å². The molecule has 1 aliphatic rings. The fourth-order valence-electron chi connectivity index (χ4n) is 3.06. The molecule has 1 fully saturated rings. The van der Waals surface area contributed by atoms with Crippen molar-refractivity contribution >= 4 is 11.8 Å². The lowest BCUT2D eigenvalue weighted by Crippen LogP contribution is -2.14. The fourth-order valence-corrected chi connectivity index (χ4v) is 3.06. The molecule has 4 nitrogen and oxygen atoms in total. The minimum absolute atomic E-state index is 0.0894. The first kappa shape index (κ1) is 16.4. The molecule has 5 heteroatoms. The average Bonchev–Trinajstić information content (AvgIpc) is 2.61. The Kier molecular flexibility index (Phi) is 5.41. The zero-order valence-electron chi connectivity index (χ0n) is 13.5. The number of carbonyl (C=O) groups excluding carboxylic acids is 1. The highest BCUT2D eigenvalue weighted by Gasteiger charge is 2.15. The van der Waals surface area contributed by atoms with E-state index in [1.165, 1.54) is 55.9 Å². The van der Waals surface area contributed by atoms with Crippen LogP contribution in [0.1, 0.15) is 49.3 Å².